The number of thioether (sulfide) groups is 1. The number of esters is 1. The summed E-state index contributed by atoms with van der Waals surface area (Å²) in [5.41, 5.74) is 3.70. The number of carbonyl (C=O) groups is 10. The third-order valence-electron chi connectivity index (χ3n) is 12.5. The van der Waals surface area contributed by atoms with Crippen LogP contribution in [0.25, 0.3) is 0 Å². The molecule has 70 heavy (non-hydrogen) atoms. The van der Waals surface area contributed by atoms with Gasteiger partial charge in [-0.05, 0) is 91.7 Å². The first-order valence-electron chi connectivity index (χ1n) is 24.7. The van der Waals surface area contributed by atoms with Crippen LogP contribution in [0, 0.1) is 35.5 Å². The number of carboxylic acid groups (broad SMARTS) is 1. The van der Waals surface area contributed by atoms with Crippen LogP contribution in [0.3, 0.4) is 0 Å². The van der Waals surface area contributed by atoms with Gasteiger partial charge in [0.05, 0.1) is 24.6 Å². The first-order valence-corrected chi connectivity index (χ1v) is 25.7. The summed E-state index contributed by atoms with van der Waals surface area (Å²) in [6, 6.07) is -3.57. The van der Waals surface area contributed by atoms with E-state index in [0.717, 1.165) is 11.8 Å². The largest absolute Gasteiger partial charge is 0.481 e. The van der Waals surface area contributed by atoms with Crippen LogP contribution in [0.4, 0.5) is 0 Å². The molecule has 0 radical (unpaired) electrons. The van der Waals surface area contributed by atoms with Crippen molar-refractivity contribution in [2.45, 2.75) is 196 Å². The number of carbonyl (C=O) groups excluding carboxylic acids is 9. The number of rotatable bonds is 31. The van der Waals surface area contributed by atoms with Crippen LogP contribution in [0.2, 0.25) is 0 Å². The summed E-state index contributed by atoms with van der Waals surface area (Å²) in [5, 5.41) is 17.5. The van der Waals surface area contributed by atoms with Crippen LogP contribution in [-0.4, -0.2) is 129 Å². The highest BCUT2D eigenvalue weighted by atomic mass is 32.2. The number of amides is 3. The number of ketones is 4. The molecule has 398 valence electrons. The van der Waals surface area contributed by atoms with Crippen LogP contribution in [0.15, 0.2) is 4.99 Å². The van der Waals surface area contributed by atoms with E-state index in [1.807, 2.05) is 13.8 Å². The summed E-state index contributed by atoms with van der Waals surface area (Å²) in [4.78, 5) is 140. The van der Waals surface area contributed by atoms with Crippen LogP contribution in [0.5, 0.6) is 0 Å². The van der Waals surface area contributed by atoms with Gasteiger partial charge in [0, 0.05) is 69.4 Å². The number of aliphatic imine (C=N–C) groups is 1. The Morgan fingerprint density at radius 2 is 1.41 bits per heavy atom. The number of ether oxygens (including phenoxy) is 2. The molecule has 0 saturated carbocycles. The van der Waals surface area contributed by atoms with E-state index in [2.05, 4.69) is 20.9 Å². The lowest BCUT2D eigenvalue weighted by molar-refractivity contribution is -0.157. The molecule has 0 aromatic carbocycles. The van der Waals surface area contributed by atoms with Crippen molar-refractivity contribution in [2.75, 3.05) is 19.3 Å². The molecule has 0 aliphatic carbocycles. The lowest BCUT2D eigenvalue weighted by atomic mass is 9.85. The van der Waals surface area contributed by atoms with Crippen molar-refractivity contribution in [3.63, 3.8) is 0 Å². The van der Waals surface area contributed by atoms with Gasteiger partial charge in [0.25, 0.3) is 0 Å². The highest BCUT2D eigenvalue weighted by molar-refractivity contribution is 8.13. The Morgan fingerprint density at radius 3 is 1.93 bits per heavy atom. The van der Waals surface area contributed by atoms with Crippen molar-refractivity contribution < 1.29 is 62.5 Å². The van der Waals surface area contributed by atoms with Gasteiger partial charge in [-0.15, -0.1) is 0 Å². The van der Waals surface area contributed by atoms with E-state index in [-0.39, 0.29) is 62.7 Å². The van der Waals surface area contributed by atoms with Gasteiger partial charge in [0.2, 0.25) is 17.7 Å². The standard InChI is InChI=1S/C50H84N6O13S/c1-15-29(6)35(23-30(7)57)46(66)56-43(31(8)68-50(56,12)13)40(60)24-32(16-2)44(64)54-37(20-21-42(63)69-49(9,10)11)39(59)27-34(28(4)5)45(65)55-36(19-18-22-53-48(51)52-14)38(58)25-33(26-41(61)62)47(67)70-17-3/h28-29,31-37,43H,15-27H2,1-14H3,(H,54,64)(H,55,65)(H,61,62)(H3,51,52,53)/t29?,31?,32-,33+,34+,35+,36+,37+,43+/m1/s1. The molecule has 0 spiro atoms. The molecule has 0 aromatic heterocycles. The lowest BCUT2D eigenvalue weighted by Crippen LogP contribution is -2.55. The molecule has 0 bridgehead atoms. The van der Waals surface area contributed by atoms with E-state index in [0.29, 0.717) is 18.6 Å². The summed E-state index contributed by atoms with van der Waals surface area (Å²) in [6.45, 7) is 22.4. The van der Waals surface area contributed by atoms with Crippen molar-refractivity contribution in [1.29, 1.82) is 0 Å². The van der Waals surface area contributed by atoms with Crippen molar-refractivity contribution in [2.24, 2.45) is 46.2 Å². The highest BCUT2D eigenvalue weighted by Crippen LogP contribution is 2.37. The Labute approximate surface area is 419 Å². The van der Waals surface area contributed by atoms with Crippen LogP contribution < -0.4 is 21.7 Å². The maximum atomic E-state index is 14.4. The SMILES string of the molecule is CCSC(=O)[C@H](CC(=O)O)CC(=O)[C@H](CCCNC(N)=NC)NC(=O)[C@@H](CC(=O)[C@H](CCC(=O)OC(C)(C)C)NC(=O)[C@H](CC)CC(=O)[C@@H]1C(C)OC(C)(C)N1C(=O)[C@@H](CC(C)=O)C(C)CC)C(C)C. The summed E-state index contributed by atoms with van der Waals surface area (Å²) >= 11 is 0.902. The number of aliphatic carboxylic acids is 1. The molecule has 1 rings (SSSR count). The van der Waals surface area contributed by atoms with Crippen molar-refractivity contribution in [3.05, 3.63) is 0 Å². The fourth-order valence-electron chi connectivity index (χ4n) is 8.56. The third-order valence-corrected chi connectivity index (χ3v) is 13.5. The van der Waals surface area contributed by atoms with Crippen LogP contribution in [-0.2, 0) is 57.4 Å². The molecule has 1 heterocycles. The third kappa shape index (κ3) is 20.9. The van der Waals surface area contributed by atoms with Gasteiger partial charge in [-0.25, -0.2) is 0 Å². The van der Waals surface area contributed by atoms with Crippen LogP contribution in [0.1, 0.15) is 161 Å². The predicted octanol–water partition coefficient (Wildman–Crippen LogP) is 4.93. The molecule has 20 heteroatoms. The molecule has 1 aliphatic rings. The van der Waals surface area contributed by atoms with Gasteiger partial charge in [-0.1, -0.05) is 59.7 Å². The first-order chi connectivity index (χ1) is 32.4. The van der Waals surface area contributed by atoms with Gasteiger partial charge in [-0.2, -0.15) is 0 Å². The van der Waals surface area contributed by atoms with Gasteiger partial charge >= 0.3 is 11.9 Å². The number of nitrogens with zero attached hydrogens (tertiary/aromatic N) is 2. The molecule has 6 N–H and O–H groups in total. The number of nitrogens with two attached hydrogens (primary N) is 1. The summed E-state index contributed by atoms with van der Waals surface area (Å²) < 4.78 is 11.6. The highest BCUT2D eigenvalue weighted by Gasteiger charge is 2.53. The zero-order chi connectivity index (χ0) is 53.8. The average Bonchev–Trinajstić information content (AvgIpc) is 3.51. The van der Waals surface area contributed by atoms with Gasteiger partial charge in [-0.3, -0.25) is 48.1 Å². The Morgan fingerprint density at radius 1 is 0.829 bits per heavy atom. The quantitative estimate of drug-likeness (QED) is 0.0266. The second-order valence-electron chi connectivity index (χ2n) is 20.3. The lowest BCUT2D eigenvalue weighted by Gasteiger charge is -2.37. The second kappa shape index (κ2) is 29.6. The number of Topliss-reactive ketones (excluding diaryl/α,β-unsaturated/α-hetero) is 4. The van der Waals surface area contributed by atoms with Gasteiger partial charge in [0.1, 0.15) is 23.2 Å². The van der Waals surface area contributed by atoms with Crippen LogP contribution >= 0.6 is 11.8 Å². The molecule has 9 atom stereocenters. The maximum Gasteiger partial charge on any atom is 0.306 e. The van der Waals surface area contributed by atoms with Gasteiger partial charge in [0.15, 0.2) is 28.4 Å². The van der Waals surface area contributed by atoms with Crippen molar-refractivity contribution in [1.82, 2.24) is 20.9 Å². The predicted molar refractivity (Wildman–Crippen MR) is 267 cm³/mol. The minimum atomic E-state index is -1.32. The zero-order valence-electron chi connectivity index (χ0n) is 44.2. The normalized spacial score (nSPS) is 18.9. The molecule has 0 aromatic rings. The van der Waals surface area contributed by atoms with Crippen molar-refractivity contribution in [3.8, 4) is 0 Å². The fourth-order valence-corrected chi connectivity index (χ4v) is 9.24. The second-order valence-corrected chi connectivity index (χ2v) is 21.5. The van der Waals surface area contributed by atoms with Gasteiger partial charge < -0.3 is 46.0 Å². The average molecular weight is 1010 g/mol. The monoisotopic (exact) mass is 1010 g/mol. The number of carboxylic acids is 1. The molecule has 1 fully saturated rings. The Balaban J connectivity index is 3.57. The van der Waals surface area contributed by atoms with E-state index < -0.39 is 137 Å². The number of nitrogens with one attached hydrogen (secondary N) is 3. The smallest absolute Gasteiger partial charge is 0.306 e. The minimum Gasteiger partial charge on any atom is -0.481 e. The van der Waals surface area contributed by atoms with E-state index in [1.165, 1.54) is 18.9 Å². The molecule has 3 amide bonds. The van der Waals surface area contributed by atoms with E-state index in [1.54, 1.807) is 69.2 Å². The fraction of sp³-hybridized carbons (Fsp3) is 0.780. The summed E-state index contributed by atoms with van der Waals surface area (Å²) in [5.74, 6) is -9.45. The van der Waals surface area contributed by atoms with E-state index in [9.17, 15) is 53.1 Å². The molecular formula is C50H84N6O13S. The topological polar surface area (TPSA) is 287 Å². The first kappa shape index (κ1) is 63.3. The van der Waals surface area contributed by atoms with Crippen molar-refractivity contribution >= 4 is 75.6 Å². The maximum absolute atomic E-state index is 14.4. The van der Waals surface area contributed by atoms with E-state index >= 15 is 0 Å². The number of guanidine groups is 1. The molecular weight excluding hydrogens is 925 g/mol. The Kier molecular flexibility index (Phi) is 26.7. The molecule has 2 unspecified atom stereocenters. The molecule has 1 saturated heterocycles. The summed E-state index contributed by atoms with van der Waals surface area (Å²) in [6.07, 6.45) is -1.90. The minimum absolute atomic E-state index is 0.00900. The molecule has 1 aliphatic heterocycles. The number of hydrogen-bond donors (Lipinski definition) is 5. The van der Waals surface area contributed by atoms with E-state index in [4.69, 9.17) is 15.2 Å². The number of hydrogen-bond acceptors (Lipinski definition) is 14. The summed E-state index contributed by atoms with van der Waals surface area (Å²) in [7, 11) is 1.49. The Bertz CT molecular complexity index is 1880. The molecule has 19 nitrogen and oxygen atoms in total. The Hall–Kier alpha value is -4.72. The zero-order valence-corrected chi connectivity index (χ0v) is 45.0.